The molecule has 1 N–H and O–H groups in total. The molecule has 0 saturated carbocycles. The lowest BCUT2D eigenvalue weighted by molar-refractivity contribution is -0.117. The van der Waals surface area contributed by atoms with Crippen LogP contribution >= 0.6 is 0 Å². The van der Waals surface area contributed by atoms with Gasteiger partial charge < -0.3 is 14.8 Å². The lowest BCUT2D eigenvalue weighted by atomic mass is 10.1. The normalized spacial score (nSPS) is 10.4. The van der Waals surface area contributed by atoms with E-state index < -0.39 is 17.3 Å². The Morgan fingerprint density at radius 3 is 2.61 bits per heavy atom. The third kappa shape index (κ3) is 4.17. The third-order valence-corrected chi connectivity index (χ3v) is 3.99. The first-order valence-electron chi connectivity index (χ1n) is 8.37. The van der Waals surface area contributed by atoms with Crippen LogP contribution in [0.15, 0.2) is 59.4 Å². The number of nitrogens with zero attached hydrogens (tertiary/aromatic N) is 2. The number of nitrogens with one attached hydrogen (secondary N) is 1. The Hall–Kier alpha value is -3.68. The molecule has 1 heterocycles. The number of carbonyl (C=O) groups is 1. The smallest absolute Gasteiger partial charge is 0.267 e. The Morgan fingerprint density at radius 2 is 1.89 bits per heavy atom. The van der Waals surface area contributed by atoms with Crippen LogP contribution in [0, 0.1) is 5.82 Å². The van der Waals surface area contributed by atoms with Gasteiger partial charge in [-0.25, -0.2) is 9.07 Å². The van der Waals surface area contributed by atoms with E-state index in [9.17, 15) is 14.0 Å². The van der Waals surface area contributed by atoms with E-state index in [0.717, 1.165) is 4.68 Å². The Labute approximate surface area is 160 Å². The molecule has 0 saturated heterocycles. The van der Waals surface area contributed by atoms with Crippen molar-refractivity contribution >= 4 is 11.6 Å². The van der Waals surface area contributed by atoms with Crippen molar-refractivity contribution in [3.63, 3.8) is 0 Å². The second-order valence-corrected chi connectivity index (χ2v) is 5.81. The van der Waals surface area contributed by atoms with E-state index in [0.29, 0.717) is 17.2 Å². The summed E-state index contributed by atoms with van der Waals surface area (Å²) in [5.74, 6) is 0.0369. The molecule has 0 atom stereocenters. The van der Waals surface area contributed by atoms with Crippen molar-refractivity contribution in [1.82, 2.24) is 9.78 Å². The zero-order valence-electron chi connectivity index (χ0n) is 15.3. The summed E-state index contributed by atoms with van der Waals surface area (Å²) in [6, 6.07) is 13.7. The molecule has 8 heteroatoms. The molecule has 7 nitrogen and oxygen atoms in total. The van der Waals surface area contributed by atoms with Crippen LogP contribution < -0.4 is 20.3 Å². The summed E-state index contributed by atoms with van der Waals surface area (Å²) >= 11 is 0. The summed E-state index contributed by atoms with van der Waals surface area (Å²) in [5, 5.41) is 6.77. The van der Waals surface area contributed by atoms with Crippen molar-refractivity contribution in [2.24, 2.45) is 0 Å². The Morgan fingerprint density at radius 1 is 1.11 bits per heavy atom. The van der Waals surface area contributed by atoms with E-state index in [1.165, 1.54) is 32.4 Å². The van der Waals surface area contributed by atoms with Crippen molar-refractivity contribution in [2.45, 2.75) is 6.54 Å². The van der Waals surface area contributed by atoms with Gasteiger partial charge in [0.1, 0.15) is 23.9 Å². The summed E-state index contributed by atoms with van der Waals surface area (Å²) in [6.45, 7) is -0.337. The maximum atomic E-state index is 14.0. The fourth-order valence-corrected chi connectivity index (χ4v) is 2.60. The SMILES string of the molecule is COc1ccc(NC(=O)Cn2nc(-c3ccccc3F)ccc2=O)c(OC)c1. The van der Waals surface area contributed by atoms with Crippen LogP contribution in [0.5, 0.6) is 11.5 Å². The minimum atomic E-state index is -0.483. The maximum Gasteiger partial charge on any atom is 0.267 e. The molecule has 0 spiro atoms. The predicted octanol–water partition coefficient (Wildman–Crippen LogP) is 2.71. The number of ether oxygens (including phenoxy) is 2. The minimum absolute atomic E-state index is 0.244. The molecule has 2 aromatic carbocycles. The van der Waals surface area contributed by atoms with Gasteiger partial charge in [0.15, 0.2) is 0 Å². The van der Waals surface area contributed by atoms with E-state index in [1.54, 1.807) is 36.4 Å². The van der Waals surface area contributed by atoms with Crippen molar-refractivity contribution < 1.29 is 18.7 Å². The number of benzene rings is 2. The van der Waals surface area contributed by atoms with Crippen LogP contribution in [0.3, 0.4) is 0 Å². The largest absolute Gasteiger partial charge is 0.497 e. The zero-order chi connectivity index (χ0) is 20.1. The van der Waals surface area contributed by atoms with Gasteiger partial charge in [0.25, 0.3) is 5.56 Å². The monoisotopic (exact) mass is 383 g/mol. The number of halogens is 1. The molecule has 1 amide bonds. The van der Waals surface area contributed by atoms with Crippen LogP contribution in [0.4, 0.5) is 10.1 Å². The summed E-state index contributed by atoms with van der Waals surface area (Å²) in [4.78, 5) is 24.5. The highest BCUT2D eigenvalue weighted by Crippen LogP contribution is 2.29. The van der Waals surface area contributed by atoms with Gasteiger partial charge in [0, 0.05) is 17.7 Å². The van der Waals surface area contributed by atoms with Crippen molar-refractivity contribution in [2.75, 3.05) is 19.5 Å². The maximum absolute atomic E-state index is 14.0. The van der Waals surface area contributed by atoms with Gasteiger partial charge in [-0.1, -0.05) is 12.1 Å². The average Bonchev–Trinajstić information content (AvgIpc) is 2.70. The highest BCUT2D eigenvalue weighted by Gasteiger charge is 2.13. The highest BCUT2D eigenvalue weighted by molar-refractivity contribution is 5.92. The van der Waals surface area contributed by atoms with E-state index in [1.807, 2.05) is 0 Å². The quantitative estimate of drug-likeness (QED) is 0.708. The van der Waals surface area contributed by atoms with Gasteiger partial charge >= 0.3 is 0 Å². The summed E-state index contributed by atoms with van der Waals surface area (Å²) in [7, 11) is 2.99. The number of amides is 1. The first-order valence-corrected chi connectivity index (χ1v) is 8.37. The third-order valence-electron chi connectivity index (χ3n) is 3.99. The lowest BCUT2D eigenvalue weighted by Crippen LogP contribution is -2.29. The topological polar surface area (TPSA) is 82.5 Å². The van der Waals surface area contributed by atoms with Gasteiger partial charge in [-0.3, -0.25) is 9.59 Å². The molecule has 0 bridgehead atoms. The van der Waals surface area contributed by atoms with Gasteiger partial charge in [-0.05, 0) is 30.3 Å². The molecule has 3 rings (SSSR count). The molecule has 3 aromatic rings. The Balaban J connectivity index is 1.82. The highest BCUT2D eigenvalue weighted by atomic mass is 19.1. The molecule has 1 aromatic heterocycles. The number of rotatable bonds is 6. The lowest BCUT2D eigenvalue weighted by Gasteiger charge is -2.12. The van der Waals surface area contributed by atoms with E-state index in [2.05, 4.69) is 10.4 Å². The van der Waals surface area contributed by atoms with Gasteiger partial charge in [-0.15, -0.1) is 0 Å². The molecular weight excluding hydrogens is 365 g/mol. The van der Waals surface area contributed by atoms with Crippen LogP contribution in [-0.2, 0) is 11.3 Å². The molecule has 0 aliphatic heterocycles. The number of carbonyl (C=O) groups excluding carboxylic acids is 1. The first kappa shape index (κ1) is 19.1. The summed E-state index contributed by atoms with van der Waals surface area (Å²) in [6.07, 6.45) is 0. The molecular formula is C20H18FN3O4. The van der Waals surface area contributed by atoms with Crippen LogP contribution in [-0.4, -0.2) is 29.9 Å². The van der Waals surface area contributed by atoms with E-state index in [4.69, 9.17) is 9.47 Å². The fourth-order valence-electron chi connectivity index (χ4n) is 2.60. The first-order chi connectivity index (χ1) is 13.5. The molecule has 0 radical (unpaired) electrons. The average molecular weight is 383 g/mol. The van der Waals surface area contributed by atoms with Crippen LogP contribution in [0.1, 0.15) is 0 Å². The Bertz CT molecular complexity index is 1070. The second-order valence-electron chi connectivity index (χ2n) is 5.81. The minimum Gasteiger partial charge on any atom is -0.497 e. The molecule has 144 valence electrons. The van der Waals surface area contributed by atoms with Gasteiger partial charge in [-0.2, -0.15) is 5.10 Å². The fraction of sp³-hybridized carbons (Fsp3) is 0.150. The van der Waals surface area contributed by atoms with Crippen molar-refractivity contribution in [1.29, 1.82) is 0 Å². The predicted molar refractivity (Wildman–Crippen MR) is 102 cm³/mol. The molecule has 0 unspecified atom stereocenters. The molecule has 0 fully saturated rings. The van der Waals surface area contributed by atoms with E-state index in [-0.39, 0.29) is 17.8 Å². The number of methoxy groups -OCH3 is 2. The molecule has 28 heavy (non-hydrogen) atoms. The number of aromatic nitrogens is 2. The van der Waals surface area contributed by atoms with Crippen LogP contribution in [0.25, 0.3) is 11.3 Å². The van der Waals surface area contributed by atoms with Crippen molar-refractivity contribution in [3.8, 4) is 22.8 Å². The number of hydrogen-bond donors (Lipinski definition) is 1. The second kappa shape index (κ2) is 8.34. The zero-order valence-corrected chi connectivity index (χ0v) is 15.3. The van der Waals surface area contributed by atoms with E-state index >= 15 is 0 Å². The summed E-state index contributed by atoms with van der Waals surface area (Å²) in [5.41, 5.74) is 0.449. The van der Waals surface area contributed by atoms with Gasteiger partial charge in [0.05, 0.1) is 25.6 Å². The van der Waals surface area contributed by atoms with Crippen molar-refractivity contribution in [3.05, 3.63) is 70.8 Å². The Kier molecular flexibility index (Phi) is 5.69. The van der Waals surface area contributed by atoms with Gasteiger partial charge in [0.2, 0.25) is 5.91 Å². The van der Waals surface area contributed by atoms with Crippen LogP contribution in [0.2, 0.25) is 0 Å². The number of anilines is 1. The molecule has 0 aliphatic rings. The number of hydrogen-bond acceptors (Lipinski definition) is 5. The summed E-state index contributed by atoms with van der Waals surface area (Å²) < 4.78 is 25.3. The molecule has 0 aliphatic carbocycles. The standard InChI is InChI=1S/C20H18FN3O4/c1-27-13-7-8-17(18(11-13)28-2)22-19(25)12-24-20(26)10-9-16(23-24)14-5-3-4-6-15(14)21/h3-11H,12H2,1-2H3,(H,22,25).